The zero-order valence-electron chi connectivity index (χ0n) is 18.7. The van der Waals surface area contributed by atoms with Crippen molar-refractivity contribution >= 4 is 42.4 Å². The van der Waals surface area contributed by atoms with Crippen LogP contribution in [0.15, 0.2) is 71.7 Å². The quantitative estimate of drug-likeness (QED) is 0.0739. The van der Waals surface area contributed by atoms with Crippen molar-refractivity contribution in [2.75, 3.05) is 19.1 Å². The average Bonchev–Trinajstić information content (AvgIpc) is 2.88. The molecule has 0 spiro atoms. The summed E-state index contributed by atoms with van der Waals surface area (Å²) >= 11 is -0.529. The Labute approximate surface area is 206 Å². The fraction of sp³-hybridized carbons (Fsp3) is 0.130. The van der Waals surface area contributed by atoms with E-state index in [0.29, 0.717) is 33.2 Å². The molecule has 0 atom stereocenters. The minimum atomic E-state index is -0.672. The van der Waals surface area contributed by atoms with Crippen LogP contribution in [0.25, 0.3) is 0 Å². The van der Waals surface area contributed by atoms with Gasteiger partial charge in [-0.15, -0.1) is 0 Å². The molecule has 0 fully saturated rings. The van der Waals surface area contributed by atoms with Crippen LogP contribution in [0.3, 0.4) is 0 Å². The Morgan fingerprint density at radius 3 is 1.91 bits per heavy atom. The number of ether oxygens (including phenoxy) is 2. The molecule has 0 saturated carbocycles. The van der Waals surface area contributed by atoms with Crippen molar-refractivity contribution in [2.45, 2.75) is 5.32 Å². The first kappa shape index (κ1) is 25.2. The van der Waals surface area contributed by atoms with Crippen molar-refractivity contribution in [3.63, 3.8) is 0 Å². The van der Waals surface area contributed by atoms with E-state index in [1.165, 1.54) is 24.1 Å². The van der Waals surface area contributed by atoms with Crippen molar-refractivity contribution < 1.29 is 19.3 Å². The molecule has 0 aliphatic carbocycles. The summed E-state index contributed by atoms with van der Waals surface area (Å²) in [4.78, 5) is 27.1. The summed E-state index contributed by atoms with van der Waals surface area (Å²) in [6.07, 6.45) is 2.13. The number of benzene rings is 3. The number of hydrogen-bond donors (Lipinski definition) is 0. The van der Waals surface area contributed by atoms with Gasteiger partial charge in [0.25, 0.3) is 0 Å². The molecule has 0 aliphatic heterocycles. The van der Waals surface area contributed by atoms with Gasteiger partial charge >= 0.3 is 207 Å². The third-order valence-electron chi connectivity index (χ3n) is 4.67. The number of non-ortho nitro benzene ring substituents is 2. The molecule has 3 aromatic carbocycles. The number of methoxy groups -OCH3 is 2. The first-order valence-corrected chi connectivity index (χ1v) is 12.0. The van der Waals surface area contributed by atoms with E-state index in [1.807, 2.05) is 0 Å². The van der Waals surface area contributed by atoms with Crippen molar-refractivity contribution in [2.24, 2.45) is 4.99 Å². The fourth-order valence-electron chi connectivity index (χ4n) is 2.95. The SMILES string of the molecule is COc1ccc(N=C([Se]Cc2cc([N+](=O)[O-])cc([N+](=O)[O-])c2)N(C#N)c2ccc(OC)cc2)cc1. The molecular formula is C23H19N5O6Se. The molecule has 0 unspecified atom stereocenters. The number of nitro benzene ring substituents is 2. The molecule has 35 heavy (non-hydrogen) atoms. The van der Waals surface area contributed by atoms with Crippen molar-refractivity contribution in [1.82, 2.24) is 0 Å². The molecular weight excluding hydrogens is 521 g/mol. The van der Waals surface area contributed by atoms with Gasteiger partial charge in [0, 0.05) is 0 Å². The second-order valence-corrected chi connectivity index (χ2v) is 8.86. The first-order chi connectivity index (χ1) is 16.8. The summed E-state index contributed by atoms with van der Waals surface area (Å²) in [5.74, 6) is 1.27. The van der Waals surface area contributed by atoms with Gasteiger partial charge in [-0.05, 0) is 0 Å². The number of nitrogens with zero attached hydrogens (tertiary/aromatic N) is 5. The van der Waals surface area contributed by atoms with Crippen LogP contribution in [0.5, 0.6) is 11.5 Å². The molecule has 178 valence electrons. The van der Waals surface area contributed by atoms with E-state index in [-0.39, 0.29) is 16.7 Å². The van der Waals surface area contributed by atoms with Gasteiger partial charge in [0.15, 0.2) is 0 Å². The zero-order valence-corrected chi connectivity index (χ0v) is 20.4. The van der Waals surface area contributed by atoms with Crippen LogP contribution >= 0.6 is 0 Å². The van der Waals surface area contributed by atoms with Crippen LogP contribution in [0, 0.1) is 31.7 Å². The Hall–Kier alpha value is -4.46. The number of amidine groups is 1. The molecule has 0 amide bonds. The van der Waals surface area contributed by atoms with Crippen LogP contribution in [-0.4, -0.2) is 43.8 Å². The van der Waals surface area contributed by atoms with E-state index in [4.69, 9.17) is 9.47 Å². The molecule has 0 radical (unpaired) electrons. The summed E-state index contributed by atoms with van der Waals surface area (Å²) in [5.41, 5.74) is 0.784. The molecule has 0 heterocycles. The monoisotopic (exact) mass is 541 g/mol. The number of hydrogen-bond acceptors (Lipinski definition) is 8. The maximum absolute atomic E-state index is 11.2. The van der Waals surface area contributed by atoms with E-state index in [0.717, 1.165) is 6.07 Å². The molecule has 3 aromatic rings. The van der Waals surface area contributed by atoms with Gasteiger partial charge in [0.05, 0.1) is 0 Å². The van der Waals surface area contributed by atoms with Gasteiger partial charge in [-0.25, -0.2) is 0 Å². The molecule has 0 N–H and O–H groups in total. The van der Waals surface area contributed by atoms with E-state index in [9.17, 15) is 25.5 Å². The molecule has 3 rings (SSSR count). The molecule has 0 aromatic heterocycles. The molecule has 11 nitrogen and oxygen atoms in total. The third kappa shape index (κ3) is 6.54. The van der Waals surface area contributed by atoms with Crippen molar-refractivity contribution in [3.05, 3.63) is 92.5 Å². The third-order valence-corrected chi connectivity index (χ3v) is 6.79. The zero-order chi connectivity index (χ0) is 25.4. The van der Waals surface area contributed by atoms with E-state index in [2.05, 4.69) is 11.2 Å². The second-order valence-electron chi connectivity index (χ2n) is 6.89. The predicted molar refractivity (Wildman–Crippen MR) is 130 cm³/mol. The van der Waals surface area contributed by atoms with Crippen LogP contribution < -0.4 is 14.4 Å². The standard InChI is InChI=1S/C23H19N5O6Se/c1-33-21-7-3-17(4-8-21)25-23(26(15-24)18-5-9-22(34-2)10-6-18)35-14-16-11-19(27(29)30)13-20(12-16)28(31)32/h3-13H,14H2,1-2H3. The van der Waals surface area contributed by atoms with Crippen molar-refractivity contribution in [1.29, 1.82) is 5.26 Å². The fourth-order valence-corrected chi connectivity index (χ4v) is 4.86. The Morgan fingerprint density at radius 1 is 0.943 bits per heavy atom. The maximum atomic E-state index is 11.2. The molecule has 0 aliphatic rings. The topological polar surface area (TPSA) is 144 Å². The van der Waals surface area contributed by atoms with Gasteiger partial charge in [0.2, 0.25) is 0 Å². The van der Waals surface area contributed by atoms with Crippen LogP contribution in [-0.2, 0) is 5.32 Å². The summed E-state index contributed by atoms with van der Waals surface area (Å²) in [7, 11) is 3.08. The minimum absolute atomic E-state index is 0.235. The van der Waals surface area contributed by atoms with Crippen LogP contribution in [0.1, 0.15) is 5.56 Å². The summed E-state index contributed by atoms with van der Waals surface area (Å²) < 4.78 is 10.8. The number of aliphatic imine (C=N–C) groups is 1. The van der Waals surface area contributed by atoms with Crippen LogP contribution in [0.4, 0.5) is 22.7 Å². The Balaban J connectivity index is 1.99. The predicted octanol–water partition coefficient (Wildman–Crippen LogP) is 4.40. The van der Waals surface area contributed by atoms with Gasteiger partial charge < -0.3 is 0 Å². The Morgan fingerprint density at radius 2 is 1.46 bits per heavy atom. The van der Waals surface area contributed by atoms with Gasteiger partial charge in [-0.1, -0.05) is 0 Å². The number of nitro groups is 2. The second kappa shape index (κ2) is 11.6. The van der Waals surface area contributed by atoms with Gasteiger partial charge in [0.1, 0.15) is 0 Å². The van der Waals surface area contributed by atoms with E-state index >= 15 is 0 Å². The molecule has 0 bridgehead atoms. The Bertz CT molecular complexity index is 1260. The summed E-state index contributed by atoms with van der Waals surface area (Å²) in [6, 6.07) is 17.3. The summed E-state index contributed by atoms with van der Waals surface area (Å²) in [6.45, 7) is 0. The van der Waals surface area contributed by atoms with Gasteiger partial charge in [-0.2, -0.15) is 0 Å². The summed E-state index contributed by atoms with van der Waals surface area (Å²) in [5, 5.41) is 32.7. The van der Waals surface area contributed by atoms with E-state index < -0.39 is 24.8 Å². The van der Waals surface area contributed by atoms with Gasteiger partial charge in [-0.3, -0.25) is 0 Å². The first-order valence-electron chi connectivity index (χ1n) is 9.97. The van der Waals surface area contributed by atoms with E-state index in [1.54, 1.807) is 55.6 Å². The number of anilines is 1. The van der Waals surface area contributed by atoms with Crippen molar-refractivity contribution in [3.8, 4) is 17.7 Å². The number of nitriles is 1. The van der Waals surface area contributed by atoms with Crippen LogP contribution in [0.2, 0.25) is 0 Å². The average molecular weight is 540 g/mol. The number of rotatable bonds is 9. The molecule has 0 saturated heterocycles. The Kier molecular flexibility index (Phi) is 8.34. The molecule has 12 heteroatoms. The normalized spacial score (nSPS) is 10.8.